The maximum absolute atomic E-state index is 12.4. The van der Waals surface area contributed by atoms with Crippen molar-refractivity contribution in [1.29, 1.82) is 10.8 Å². The largest absolute Gasteiger partial charge is 0.375 e. The van der Waals surface area contributed by atoms with Crippen LogP contribution in [0.3, 0.4) is 0 Å². The highest BCUT2D eigenvalue weighted by Gasteiger charge is 2.17. The maximum Gasteiger partial charge on any atom is 0.333 e. The van der Waals surface area contributed by atoms with Crippen LogP contribution in [0, 0.1) is 10.8 Å². The van der Waals surface area contributed by atoms with E-state index < -0.39 is 42.2 Å². The lowest BCUT2D eigenvalue weighted by atomic mass is 10.1. The van der Waals surface area contributed by atoms with E-state index in [-0.39, 0.29) is 36.7 Å². The lowest BCUT2D eigenvalue weighted by Gasteiger charge is -2.22. The summed E-state index contributed by atoms with van der Waals surface area (Å²) in [5.41, 5.74) is 20.4. The summed E-state index contributed by atoms with van der Waals surface area (Å²) in [7, 11) is 1.48. The Kier molecular flexibility index (Phi) is 19.6. The SMILES string of the molecule is CNC(=O)NC[C@H](CCCNC(=N)N)NC(=O)NC[C@H](C)NC(=O)NC[C@H](CCCNC(=N)N)NC(=O)NNC(N)=S. The molecule has 0 saturated heterocycles. The number of hydrogen-bond donors (Lipinski definition) is 16. The van der Waals surface area contributed by atoms with E-state index in [0.29, 0.717) is 38.8 Å². The number of rotatable bonds is 17. The summed E-state index contributed by atoms with van der Waals surface area (Å²) in [4.78, 5) is 48.4. The number of carbonyl (C=O) groups excluding carboxylic acids is 4. The van der Waals surface area contributed by atoms with Gasteiger partial charge in [0.15, 0.2) is 17.0 Å². The molecule has 20 nitrogen and oxygen atoms in total. The van der Waals surface area contributed by atoms with Crippen molar-refractivity contribution in [3.05, 3.63) is 0 Å². The molecule has 0 bridgehead atoms. The summed E-state index contributed by atoms with van der Waals surface area (Å²) < 4.78 is 0. The van der Waals surface area contributed by atoms with E-state index in [4.69, 9.17) is 28.0 Å². The third kappa shape index (κ3) is 22.2. The number of hydrogen-bond acceptors (Lipinski definition) is 7. The molecule has 0 radical (unpaired) electrons. The minimum Gasteiger partial charge on any atom is -0.375 e. The second kappa shape index (κ2) is 22.1. The van der Waals surface area contributed by atoms with Crippen LogP contribution < -0.4 is 75.9 Å². The minimum absolute atomic E-state index is 0.0749. The van der Waals surface area contributed by atoms with Gasteiger partial charge in [-0.05, 0) is 44.8 Å². The molecule has 21 heteroatoms. The van der Waals surface area contributed by atoms with E-state index in [9.17, 15) is 19.2 Å². The Morgan fingerprint density at radius 2 is 1.12 bits per heavy atom. The van der Waals surface area contributed by atoms with Crippen LogP contribution >= 0.6 is 12.2 Å². The molecule has 0 aromatic rings. The van der Waals surface area contributed by atoms with Crippen LogP contribution in [0.2, 0.25) is 0 Å². The first kappa shape index (κ1) is 37.3. The van der Waals surface area contributed by atoms with Crippen molar-refractivity contribution in [2.24, 2.45) is 17.2 Å². The summed E-state index contributed by atoms with van der Waals surface area (Å²) in [6.45, 7) is 2.87. The van der Waals surface area contributed by atoms with E-state index in [0.717, 1.165) is 0 Å². The molecular formula is C21H46N16O4S. The smallest absolute Gasteiger partial charge is 0.333 e. The van der Waals surface area contributed by atoms with Gasteiger partial charge in [0.2, 0.25) is 0 Å². The van der Waals surface area contributed by atoms with E-state index in [1.807, 2.05) is 0 Å². The third-order valence-corrected chi connectivity index (χ3v) is 5.35. The third-order valence-electron chi connectivity index (χ3n) is 5.25. The fourth-order valence-electron chi connectivity index (χ4n) is 3.26. The molecule has 0 spiro atoms. The molecule has 0 aliphatic carbocycles. The van der Waals surface area contributed by atoms with Gasteiger partial charge in [-0.3, -0.25) is 16.2 Å². The number of hydrazine groups is 1. The Morgan fingerprint density at radius 1 is 0.667 bits per heavy atom. The van der Waals surface area contributed by atoms with Crippen LogP contribution in [-0.2, 0) is 0 Å². The van der Waals surface area contributed by atoms with Crippen LogP contribution in [-0.4, -0.2) is 99.1 Å². The Labute approximate surface area is 249 Å². The standard InChI is InChI=1S/C21H46N16O4S/c1-12(9-30-20(40)34-13(10-31-18(38)27-2)5-3-7-28-15(22)23)33-19(39)32-11-14(6-4-8-29-16(24)25)35-21(41)37-36-17(26)42/h12-14H,3-11H2,1-2H3,(H4,22,23,28)(H4,24,25,29)(H3,26,36,42)(H2,27,31,38)(H2,30,34,40)(H2,32,33,39)(H2,35,37,41)/t12-,13-,14-/m0/s1. The Bertz CT molecular complexity index is 908. The second-order valence-corrected chi connectivity index (χ2v) is 9.46. The molecule has 42 heavy (non-hydrogen) atoms. The van der Waals surface area contributed by atoms with Crippen molar-refractivity contribution in [3.63, 3.8) is 0 Å². The number of thiocarbonyl (C=S) groups is 1. The predicted octanol–water partition coefficient (Wildman–Crippen LogP) is -3.79. The fourth-order valence-corrected chi connectivity index (χ4v) is 3.31. The Morgan fingerprint density at radius 3 is 1.60 bits per heavy atom. The zero-order chi connectivity index (χ0) is 31.9. The molecule has 8 amide bonds. The molecule has 0 aromatic heterocycles. The van der Waals surface area contributed by atoms with Gasteiger partial charge in [-0.25, -0.2) is 24.6 Å². The number of guanidine groups is 2. The first-order chi connectivity index (χ1) is 19.8. The van der Waals surface area contributed by atoms with E-state index >= 15 is 0 Å². The quantitative estimate of drug-likeness (QED) is 0.0246. The van der Waals surface area contributed by atoms with Gasteiger partial charge in [-0.2, -0.15) is 0 Å². The highest BCUT2D eigenvalue weighted by Crippen LogP contribution is 1.97. The summed E-state index contributed by atoms with van der Waals surface area (Å²) in [6.07, 6.45) is 2.07. The van der Waals surface area contributed by atoms with E-state index in [1.54, 1.807) is 6.92 Å². The fraction of sp³-hybridized carbons (Fsp3) is 0.667. The van der Waals surface area contributed by atoms with Gasteiger partial charge in [0.05, 0.1) is 0 Å². The molecule has 0 heterocycles. The summed E-state index contributed by atoms with van der Waals surface area (Å²) in [6, 6.07) is -3.36. The van der Waals surface area contributed by atoms with Gasteiger partial charge in [0.1, 0.15) is 0 Å². The number of amides is 8. The second-order valence-electron chi connectivity index (χ2n) is 9.02. The topological polar surface area (TPSA) is 326 Å². The summed E-state index contributed by atoms with van der Waals surface area (Å²) in [5.74, 6) is -0.333. The molecule has 0 fully saturated rings. The highest BCUT2D eigenvalue weighted by molar-refractivity contribution is 7.80. The lowest BCUT2D eigenvalue weighted by Crippen LogP contribution is -2.55. The van der Waals surface area contributed by atoms with Crippen molar-refractivity contribution in [3.8, 4) is 0 Å². The van der Waals surface area contributed by atoms with Gasteiger partial charge >= 0.3 is 24.1 Å². The number of nitrogens with two attached hydrogens (primary N) is 3. The average molecular weight is 619 g/mol. The Hall–Kier alpha value is -4.69. The zero-order valence-electron chi connectivity index (χ0n) is 23.9. The highest BCUT2D eigenvalue weighted by atomic mass is 32.1. The molecular weight excluding hydrogens is 572 g/mol. The molecule has 0 rings (SSSR count). The maximum atomic E-state index is 12.4. The molecule has 0 aromatic carbocycles. The molecule has 19 N–H and O–H groups in total. The first-order valence-electron chi connectivity index (χ1n) is 13.1. The number of carbonyl (C=O) groups is 4. The number of nitrogens with one attached hydrogen (secondary N) is 13. The van der Waals surface area contributed by atoms with Gasteiger partial charge in [-0.15, -0.1) is 0 Å². The van der Waals surface area contributed by atoms with Gasteiger partial charge in [0, 0.05) is 57.9 Å². The summed E-state index contributed by atoms with van der Waals surface area (Å²) >= 11 is 4.63. The van der Waals surface area contributed by atoms with Crippen LogP contribution in [0.25, 0.3) is 0 Å². The van der Waals surface area contributed by atoms with Crippen LogP contribution in [0.15, 0.2) is 0 Å². The van der Waals surface area contributed by atoms with Gasteiger partial charge in [-0.1, -0.05) is 0 Å². The van der Waals surface area contributed by atoms with Crippen LogP contribution in [0.1, 0.15) is 32.6 Å². The molecule has 3 atom stereocenters. The molecule has 0 aliphatic heterocycles. The van der Waals surface area contributed by atoms with E-state index in [1.165, 1.54) is 7.05 Å². The van der Waals surface area contributed by atoms with Crippen molar-refractivity contribution < 1.29 is 19.2 Å². The van der Waals surface area contributed by atoms with E-state index in [2.05, 4.69) is 70.9 Å². The lowest BCUT2D eigenvalue weighted by molar-refractivity contribution is 0.226. The van der Waals surface area contributed by atoms with Gasteiger partial charge < -0.3 is 65.1 Å². The van der Waals surface area contributed by atoms with Crippen molar-refractivity contribution in [2.45, 2.75) is 50.7 Å². The van der Waals surface area contributed by atoms with Crippen LogP contribution in [0.4, 0.5) is 19.2 Å². The average Bonchev–Trinajstić information content (AvgIpc) is 2.91. The monoisotopic (exact) mass is 618 g/mol. The zero-order valence-corrected chi connectivity index (χ0v) is 24.7. The van der Waals surface area contributed by atoms with Crippen molar-refractivity contribution in [2.75, 3.05) is 39.8 Å². The normalized spacial score (nSPS) is 12.1. The number of urea groups is 4. The molecule has 0 aliphatic rings. The first-order valence-corrected chi connectivity index (χ1v) is 13.5. The minimum atomic E-state index is -0.614. The molecule has 0 saturated carbocycles. The van der Waals surface area contributed by atoms with Crippen LogP contribution in [0.5, 0.6) is 0 Å². The summed E-state index contributed by atoms with van der Waals surface area (Å²) in [5, 5.41) is 38.2. The molecule has 240 valence electrons. The van der Waals surface area contributed by atoms with Crippen molar-refractivity contribution in [1.82, 2.24) is 58.7 Å². The van der Waals surface area contributed by atoms with Gasteiger partial charge in [0.25, 0.3) is 0 Å². The predicted molar refractivity (Wildman–Crippen MR) is 162 cm³/mol. The van der Waals surface area contributed by atoms with Crippen molar-refractivity contribution >= 4 is 53.4 Å². The Balaban J connectivity index is 4.69. The molecule has 0 unspecified atom stereocenters.